The van der Waals surface area contributed by atoms with Crippen LogP contribution in [0.3, 0.4) is 0 Å². The quantitative estimate of drug-likeness (QED) is 0.427. The second-order valence-corrected chi connectivity index (χ2v) is 9.26. The monoisotopic (exact) mass is 480 g/mol. The fourth-order valence-electron chi connectivity index (χ4n) is 2.98. The van der Waals surface area contributed by atoms with Gasteiger partial charge in [0.05, 0.1) is 15.6 Å². The van der Waals surface area contributed by atoms with Gasteiger partial charge >= 0.3 is 0 Å². The van der Waals surface area contributed by atoms with Crippen molar-refractivity contribution in [3.05, 3.63) is 94.4 Å². The highest BCUT2D eigenvalue weighted by Gasteiger charge is 2.36. The number of imide groups is 1. The normalized spacial score (nSPS) is 14.8. The van der Waals surface area contributed by atoms with Crippen molar-refractivity contribution in [3.8, 4) is 0 Å². The lowest BCUT2D eigenvalue weighted by atomic mass is 10.2. The Kier molecular flexibility index (Phi) is 6.99. The Balaban J connectivity index is 1.49. The van der Waals surface area contributed by atoms with Gasteiger partial charge in [-0.05, 0) is 53.7 Å². The minimum atomic E-state index is -0.498. The number of benzene rings is 3. The van der Waals surface area contributed by atoms with Crippen LogP contribution in [-0.4, -0.2) is 28.5 Å². The zero-order valence-corrected chi connectivity index (χ0v) is 19.0. The molecule has 1 N–H and O–H groups in total. The molecule has 0 aliphatic carbocycles. The second-order valence-electron chi connectivity index (χ2n) is 6.75. The van der Waals surface area contributed by atoms with Crippen LogP contribution >= 0.6 is 35.1 Å². The van der Waals surface area contributed by atoms with E-state index < -0.39 is 17.1 Å². The number of hydrogen-bond donors (Lipinski definition) is 1. The molecule has 3 aromatic rings. The van der Waals surface area contributed by atoms with Crippen LogP contribution in [0, 0.1) is 0 Å². The molecule has 1 aliphatic rings. The summed E-state index contributed by atoms with van der Waals surface area (Å²) in [6, 6.07) is 24.3. The minimum Gasteiger partial charge on any atom is -0.323 e. The van der Waals surface area contributed by atoms with Gasteiger partial charge in [-0.15, -0.1) is 0 Å². The molecule has 4 rings (SSSR count). The van der Waals surface area contributed by atoms with Crippen molar-refractivity contribution < 1.29 is 14.4 Å². The second kappa shape index (κ2) is 10.1. The fourth-order valence-corrected chi connectivity index (χ4v) is 4.93. The molecule has 32 heavy (non-hydrogen) atoms. The highest BCUT2D eigenvalue weighted by atomic mass is 35.5. The number of nitrogens with one attached hydrogen (secondary N) is 1. The van der Waals surface area contributed by atoms with Gasteiger partial charge in [-0.2, -0.15) is 0 Å². The molecule has 3 amide bonds. The molecule has 1 heterocycles. The summed E-state index contributed by atoms with van der Waals surface area (Å²) in [5.74, 6) is -0.990. The SMILES string of the molecule is O=C(CN1C(=O)S/C(=C\c2ccccc2Sc2ccccc2)C1=O)Nc1ccccc1Cl. The summed E-state index contributed by atoms with van der Waals surface area (Å²) in [6.45, 7) is -0.381. The maximum absolute atomic E-state index is 12.8. The minimum absolute atomic E-state index is 0.279. The van der Waals surface area contributed by atoms with Crippen molar-refractivity contribution >= 4 is 63.9 Å². The first kappa shape index (κ1) is 22.2. The lowest BCUT2D eigenvalue weighted by Gasteiger charge is -2.13. The van der Waals surface area contributed by atoms with Gasteiger partial charge in [-0.1, -0.05) is 71.9 Å². The fraction of sp³-hybridized carbons (Fsp3) is 0.0417. The Morgan fingerprint density at radius 3 is 2.44 bits per heavy atom. The summed E-state index contributed by atoms with van der Waals surface area (Å²) in [5, 5.41) is 2.52. The van der Waals surface area contributed by atoms with Crippen molar-refractivity contribution in [1.29, 1.82) is 0 Å². The molecule has 0 atom stereocenters. The number of halogens is 1. The number of hydrogen-bond acceptors (Lipinski definition) is 5. The zero-order chi connectivity index (χ0) is 22.5. The summed E-state index contributed by atoms with van der Waals surface area (Å²) in [5.41, 5.74) is 1.25. The smallest absolute Gasteiger partial charge is 0.294 e. The zero-order valence-electron chi connectivity index (χ0n) is 16.7. The van der Waals surface area contributed by atoms with E-state index in [4.69, 9.17) is 11.6 Å². The largest absolute Gasteiger partial charge is 0.323 e. The number of thioether (sulfide) groups is 1. The van der Waals surface area contributed by atoms with Crippen LogP contribution in [0.2, 0.25) is 5.02 Å². The van der Waals surface area contributed by atoms with Gasteiger partial charge in [0, 0.05) is 9.79 Å². The topological polar surface area (TPSA) is 66.5 Å². The Morgan fingerprint density at radius 2 is 1.66 bits per heavy atom. The van der Waals surface area contributed by atoms with E-state index in [-0.39, 0.29) is 11.4 Å². The van der Waals surface area contributed by atoms with Crippen LogP contribution in [0.4, 0.5) is 10.5 Å². The number of nitrogens with zero attached hydrogens (tertiary/aromatic N) is 1. The Labute approximate surface area is 198 Å². The third-order valence-electron chi connectivity index (χ3n) is 4.50. The van der Waals surface area contributed by atoms with Crippen molar-refractivity contribution in [1.82, 2.24) is 4.90 Å². The number of amides is 3. The van der Waals surface area contributed by atoms with E-state index in [1.807, 2.05) is 54.6 Å². The van der Waals surface area contributed by atoms with Gasteiger partial charge in [-0.25, -0.2) is 0 Å². The molecular formula is C24H17ClN2O3S2. The van der Waals surface area contributed by atoms with Gasteiger partial charge in [0.15, 0.2) is 0 Å². The molecule has 1 aliphatic heterocycles. The van der Waals surface area contributed by atoms with E-state index in [1.165, 1.54) is 0 Å². The molecule has 0 unspecified atom stereocenters. The molecule has 8 heteroatoms. The van der Waals surface area contributed by atoms with E-state index in [0.717, 1.165) is 32.0 Å². The van der Waals surface area contributed by atoms with Gasteiger partial charge in [0.25, 0.3) is 11.1 Å². The van der Waals surface area contributed by atoms with Gasteiger partial charge < -0.3 is 5.32 Å². The Hall–Kier alpha value is -3.00. The van der Waals surface area contributed by atoms with Crippen molar-refractivity contribution in [3.63, 3.8) is 0 Å². The molecule has 1 fully saturated rings. The maximum atomic E-state index is 12.8. The molecule has 0 saturated carbocycles. The van der Waals surface area contributed by atoms with Crippen molar-refractivity contribution in [2.24, 2.45) is 0 Å². The van der Waals surface area contributed by atoms with E-state index in [0.29, 0.717) is 10.7 Å². The molecular weight excluding hydrogens is 464 g/mol. The van der Waals surface area contributed by atoms with Crippen LogP contribution in [0.1, 0.15) is 5.56 Å². The standard InChI is InChI=1S/C24H17ClN2O3S2/c25-18-11-5-6-12-19(18)26-22(28)15-27-23(29)21(32-24(27)30)14-16-8-4-7-13-20(16)31-17-9-2-1-3-10-17/h1-14H,15H2,(H,26,28)/b21-14-. The summed E-state index contributed by atoms with van der Waals surface area (Å²) in [6.07, 6.45) is 1.70. The summed E-state index contributed by atoms with van der Waals surface area (Å²) in [7, 11) is 0. The average molecular weight is 481 g/mol. The molecule has 1 saturated heterocycles. The van der Waals surface area contributed by atoms with E-state index in [1.54, 1.807) is 42.1 Å². The van der Waals surface area contributed by atoms with E-state index in [2.05, 4.69) is 5.32 Å². The summed E-state index contributed by atoms with van der Waals surface area (Å²) < 4.78 is 0. The van der Waals surface area contributed by atoms with E-state index >= 15 is 0 Å². The number of rotatable bonds is 6. The van der Waals surface area contributed by atoms with Gasteiger partial charge in [0.2, 0.25) is 5.91 Å². The summed E-state index contributed by atoms with van der Waals surface area (Å²) in [4.78, 5) is 40.9. The number of carbonyl (C=O) groups is 3. The van der Waals surface area contributed by atoms with Crippen molar-refractivity contribution in [2.75, 3.05) is 11.9 Å². The molecule has 160 valence electrons. The predicted molar refractivity (Wildman–Crippen MR) is 130 cm³/mol. The number of anilines is 1. The number of para-hydroxylation sites is 1. The first-order valence-electron chi connectivity index (χ1n) is 9.63. The first-order chi connectivity index (χ1) is 15.5. The predicted octanol–water partition coefficient (Wildman–Crippen LogP) is 6.17. The molecule has 0 bridgehead atoms. The highest BCUT2D eigenvalue weighted by molar-refractivity contribution is 8.18. The van der Waals surface area contributed by atoms with Crippen molar-refractivity contribution in [2.45, 2.75) is 9.79 Å². The molecule has 5 nitrogen and oxygen atoms in total. The molecule has 3 aromatic carbocycles. The average Bonchev–Trinajstić information content (AvgIpc) is 3.05. The maximum Gasteiger partial charge on any atom is 0.294 e. The van der Waals surface area contributed by atoms with Crippen LogP contribution in [-0.2, 0) is 9.59 Å². The van der Waals surface area contributed by atoms with Crippen LogP contribution < -0.4 is 5.32 Å². The molecule has 0 aromatic heterocycles. The third kappa shape index (κ3) is 5.24. The summed E-state index contributed by atoms with van der Waals surface area (Å²) >= 11 is 8.45. The number of carbonyl (C=O) groups excluding carboxylic acids is 3. The Morgan fingerprint density at radius 1 is 0.969 bits per heavy atom. The first-order valence-corrected chi connectivity index (χ1v) is 11.6. The molecule has 0 spiro atoms. The van der Waals surface area contributed by atoms with E-state index in [9.17, 15) is 14.4 Å². The lowest BCUT2D eigenvalue weighted by Crippen LogP contribution is -2.36. The van der Waals surface area contributed by atoms with Crippen LogP contribution in [0.15, 0.2) is 93.6 Å². The lowest BCUT2D eigenvalue weighted by molar-refractivity contribution is -0.127. The molecule has 0 radical (unpaired) electrons. The van der Waals surface area contributed by atoms with Crippen LogP contribution in [0.5, 0.6) is 0 Å². The Bertz CT molecular complexity index is 1210. The third-order valence-corrected chi connectivity index (χ3v) is 6.84. The van der Waals surface area contributed by atoms with Gasteiger partial charge in [0.1, 0.15) is 6.54 Å². The van der Waals surface area contributed by atoms with Gasteiger partial charge in [-0.3, -0.25) is 19.3 Å². The van der Waals surface area contributed by atoms with Crippen LogP contribution in [0.25, 0.3) is 6.08 Å². The highest BCUT2D eigenvalue weighted by Crippen LogP contribution is 2.36.